The van der Waals surface area contributed by atoms with Gasteiger partial charge in [-0.25, -0.2) is 0 Å². The number of aliphatic hydroxyl groups is 1. The Morgan fingerprint density at radius 1 is 1.53 bits per heavy atom. The van der Waals surface area contributed by atoms with Crippen LogP contribution in [0.25, 0.3) is 0 Å². The maximum atomic E-state index is 11.4. The van der Waals surface area contributed by atoms with Crippen LogP contribution >= 0.6 is 0 Å². The lowest BCUT2D eigenvalue weighted by Crippen LogP contribution is -2.43. The summed E-state index contributed by atoms with van der Waals surface area (Å²) in [5.41, 5.74) is 0. The van der Waals surface area contributed by atoms with E-state index in [9.17, 15) is 4.79 Å². The number of hydrogen-bond acceptors (Lipinski definition) is 3. The van der Waals surface area contributed by atoms with Crippen molar-refractivity contribution in [2.75, 3.05) is 19.7 Å². The van der Waals surface area contributed by atoms with Gasteiger partial charge < -0.3 is 15.7 Å². The molecule has 4 nitrogen and oxygen atoms in total. The van der Waals surface area contributed by atoms with Crippen LogP contribution in [0.3, 0.4) is 0 Å². The molecule has 0 aromatic carbocycles. The van der Waals surface area contributed by atoms with E-state index in [-0.39, 0.29) is 18.6 Å². The van der Waals surface area contributed by atoms with Gasteiger partial charge in [0, 0.05) is 19.2 Å². The molecule has 1 amide bonds. The zero-order valence-corrected chi connectivity index (χ0v) is 9.62. The Kier molecular flexibility index (Phi) is 7.95. The van der Waals surface area contributed by atoms with Gasteiger partial charge in [-0.2, -0.15) is 0 Å². The van der Waals surface area contributed by atoms with E-state index < -0.39 is 0 Å². The van der Waals surface area contributed by atoms with Crippen LogP contribution < -0.4 is 10.6 Å². The SMILES string of the molecule is C=CCNCC(=O)NC(CCO)C(C)C. The first-order valence-electron chi connectivity index (χ1n) is 5.33. The van der Waals surface area contributed by atoms with Gasteiger partial charge >= 0.3 is 0 Å². The third-order valence-electron chi connectivity index (χ3n) is 2.17. The molecule has 0 aliphatic carbocycles. The summed E-state index contributed by atoms with van der Waals surface area (Å²) in [7, 11) is 0. The Labute approximate surface area is 91.8 Å². The summed E-state index contributed by atoms with van der Waals surface area (Å²) >= 11 is 0. The van der Waals surface area contributed by atoms with Crippen molar-refractivity contribution in [3.8, 4) is 0 Å². The fourth-order valence-corrected chi connectivity index (χ4v) is 1.26. The third kappa shape index (κ3) is 7.11. The number of aliphatic hydroxyl groups excluding tert-OH is 1. The standard InChI is InChI=1S/C11H22N2O2/c1-4-6-12-8-11(15)13-10(5-7-14)9(2)3/h4,9-10,12,14H,1,5-8H2,2-3H3,(H,13,15). The van der Waals surface area contributed by atoms with Crippen LogP contribution in [0.15, 0.2) is 12.7 Å². The van der Waals surface area contributed by atoms with Gasteiger partial charge in [0.2, 0.25) is 5.91 Å². The molecular formula is C11H22N2O2. The Bertz CT molecular complexity index is 193. The number of hydrogen-bond donors (Lipinski definition) is 3. The summed E-state index contributed by atoms with van der Waals surface area (Å²) in [6, 6.07) is 0.0491. The van der Waals surface area contributed by atoms with Gasteiger partial charge in [0.25, 0.3) is 0 Å². The van der Waals surface area contributed by atoms with Crippen molar-refractivity contribution in [3.63, 3.8) is 0 Å². The molecule has 0 fully saturated rings. The number of nitrogens with one attached hydrogen (secondary N) is 2. The molecule has 0 saturated carbocycles. The van der Waals surface area contributed by atoms with Crippen LogP contribution in [0.2, 0.25) is 0 Å². The molecule has 1 unspecified atom stereocenters. The van der Waals surface area contributed by atoms with Crippen molar-refractivity contribution >= 4 is 5.91 Å². The number of carbonyl (C=O) groups excluding carboxylic acids is 1. The first-order chi connectivity index (χ1) is 7.11. The van der Waals surface area contributed by atoms with Crippen molar-refractivity contribution in [1.82, 2.24) is 10.6 Å². The Morgan fingerprint density at radius 3 is 2.67 bits per heavy atom. The zero-order valence-electron chi connectivity index (χ0n) is 9.62. The van der Waals surface area contributed by atoms with E-state index in [0.29, 0.717) is 25.4 Å². The molecule has 1 atom stereocenters. The molecule has 0 spiro atoms. The van der Waals surface area contributed by atoms with Crippen molar-refractivity contribution in [2.45, 2.75) is 26.3 Å². The molecule has 0 radical (unpaired) electrons. The highest BCUT2D eigenvalue weighted by molar-refractivity contribution is 5.78. The predicted molar refractivity (Wildman–Crippen MR) is 61.5 cm³/mol. The largest absolute Gasteiger partial charge is 0.396 e. The van der Waals surface area contributed by atoms with Crippen molar-refractivity contribution in [3.05, 3.63) is 12.7 Å². The highest BCUT2D eigenvalue weighted by Crippen LogP contribution is 2.04. The Balaban J connectivity index is 3.83. The van der Waals surface area contributed by atoms with Crippen LogP contribution in [0, 0.1) is 5.92 Å². The normalized spacial score (nSPS) is 12.5. The van der Waals surface area contributed by atoms with Gasteiger partial charge in [-0.05, 0) is 12.3 Å². The molecule has 4 heteroatoms. The molecule has 0 aliphatic rings. The molecule has 0 aromatic rings. The Morgan fingerprint density at radius 2 is 2.20 bits per heavy atom. The van der Waals surface area contributed by atoms with E-state index in [1.54, 1.807) is 6.08 Å². The lowest BCUT2D eigenvalue weighted by molar-refractivity contribution is -0.121. The van der Waals surface area contributed by atoms with Crippen molar-refractivity contribution in [1.29, 1.82) is 0 Å². The average Bonchev–Trinajstić information content (AvgIpc) is 2.17. The van der Waals surface area contributed by atoms with Gasteiger partial charge in [0.05, 0.1) is 6.54 Å². The minimum absolute atomic E-state index is 0.0380. The first kappa shape index (κ1) is 14.1. The average molecular weight is 214 g/mol. The van der Waals surface area contributed by atoms with Crippen molar-refractivity contribution < 1.29 is 9.90 Å². The van der Waals surface area contributed by atoms with Crippen LogP contribution in [0.5, 0.6) is 0 Å². The summed E-state index contributed by atoms with van der Waals surface area (Å²) in [6.45, 7) is 8.62. The highest BCUT2D eigenvalue weighted by atomic mass is 16.3. The second kappa shape index (κ2) is 8.44. The summed E-state index contributed by atoms with van der Waals surface area (Å²) in [5, 5.41) is 14.6. The smallest absolute Gasteiger partial charge is 0.234 e. The third-order valence-corrected chi connectivity index (χ3v) is 2.17. The molecule has 0 rings (SSSR count). The van der Waals surface area contributed by atoms with Gasteiger partial charge in [0.15, 0.2) is 0 Å². The van der Waals surface area contributed by atoms with E-state index in [0.717, 1.165) is 0 Å². The summed E-state index contributed by atoms with van der Waals surface area (Å²) in [6.07, 6.45) is 2.31. The molecule has 88 valence electrons. The number of carbonyl (C=O) groups is 1. The highest BCUT2D eigenvalue weighted by Gasteiger charge is 2.14. The Hall–Kier alpha value is -0.870. The molecular weight excluding hydrogens is 192 g/mol. The fourth-order valence-electron chi connectivity index (χ4n) is 1.26. The van der Waals surface area contributed by atoms with Crippen LogP contribution in [-0.2, 0) is 4.79 Å². The van der Waals surface area contributed by atoms with Gasteiger partial charge in [-0.15, -0.1) is 6.58 Å². The topological polar surface area (TPSA) is 61.4 Å². The van der Waals surface area contributed by atoms with Crippen molar-refractivity contribution in [2.24, 2.45) is 5.92 Å². The maximum absolute atomic E-state index is 11.4. The zero-order chi connectivity index (χ0) is 11.7. The van der Waals surface area contributed by atoms with E-state index >= 15 is 0 Å². The molecule has 0 saturated heterocycles. The summed E-state index contributed by atoms with van der Waals surface area (Å²) < 4.78 is 0. The number of rotatable bonds is 8. The van der Waals surface area contributed by atoms with Crippen LogP contribution in [-0.4, -0.2) is 36.8 Å². The molecule has 0 aliphatic heterocycles. The van der Waals surface area contributed by atoms with E-state index in [4.69, 9.17) is 5.11 Å². The molecule has 3 N–H and O–H groups in total. The van der Waals surface area contributed by atoms with E-state index in [1.807, 2.05) is 13.8 Å². The van der Waals surface area contributed by atoms with Crippen LogP contribution in [0.4, 0.5) is 0 Å². The quantitative estimate of drug-likeness (QED) is 0.402. The van der Waals surface area contributed by atoms with Gasteiger partial charge in [0.1, 0.15) is 0 Å². The minimum Gasteiger partial charge on any atom is -0.396 e. The number of amides is 1. The second-order valence-corrected chi connectivity index (χ2v) is 3.85. The van der Waals surface area contributed by atoms with Gasteiger partial charge in [-0.3, -0.25) is 4.79 Å². The monoisotopic (exact) mass is 214 g/mol. The molecule has 0 bridgehead atoms. The maximum Gasteiger partial charge on any atom is 0.234 e. The molecule has 0 aromatic heterocycles. The van der Waals surface area contributed by atoms with Crippen LogP contribution in [0.1, 0.15) is 20.3 Å². The van der Waals surface area contributed by atoms with Gasteiger partial charge in [-0.1, -0.05) is 19.9 Å². The predicted octanol–water partition coefficient (Wildman–Crippen LogP) is 0.285. The lowest BCUT2D eigenvalue weighted by atomic mass is 10.0. The lowest BCUT2D eigenvalue weighted by Gasteiger charge is -2.21. The first-order valence-corrected chi connectivity index (χ1v) is 5.33. The molecule has 0 heterocycles. The fraction of sp³-hybridized carbons (Fsp3) is 0.727. The second-order valence-electron chi connectivity index (χ2n) is 3.85. The summed E-state index contributed by atoms with van der Waals surface area (Å²) in [4.78, 5) is 11.4. The van der Waals surface area contributed by atoms with E-state index in [1.165, 1.54) is 0 Å². The minimum atomic E-state index is -0.0380. The summed E-state index contributed by atoms with van der Waals surface area (Å²) in [5.74, 6) is 0.296. The van der Waals surface area contributed by atoms with E-state index in [2.05, 4.69) is 17.2 Å². The molecule has 15 heavy (non-hydrogen) atoms.